The zero-order valence-electron chi connectivity index (χ0n) is 6.37. The zero-order chi connectivity index (χ0) is 9.30. The molecule has 1 heterocycles. The summed E-state index contributed by atoms with van der Waals surface area (Å²) in [6, 6.07) is -1.04. The fourth-order valence-corrected chi connectivity index (χ4v) is 1.12. The van der Waals surface area contributed by atoms with Crippen LogP contribution in [0, 0.1) is 0 Å². The number of ether oxygens (including phenoxy) is 1. The third-order valence-electron chi connectivity index (χ3n) is 1.95. The Balaban J connectivity index is 2.63. The van der Waals surface area contributed by atoms with Gasteiger partial charge < -0.3 is 30.9 Å². The summed E-state index contributed by atoms with van der Waals surface area (Å²) in [5.41, 5.74) is 5.26. The van der Waals surface area contributed by atoms with Gasteiger partial charge in [-0.15, -0.1) is 0 Å². The van der Waals surface area contributed by atoms with Crippen LogP contribution in [0.1, 0.15) is 0 Å². The first-order valence-corrected chi connectivity index (χ1v) is 3.64. The van der Waals surface area contributed by atoms with Crippen LogP contribution in [0.5, 0.6) is 0 Å². The Bertz CT molecular complexity index is 150. The SMILES string of the molecule is N[C@H]1[C@H](O)OC(CO)C(O)[C@@H]1O. The Morgan fingerprint density at radius 1 is 1.17 bits per heavy atom. The Labute approximate surface area is 69.2 Å². The Morgan fingerprint density at radius 3 is 2.25 bits per heavy atom. The number of hydrogen-bond donors (Lipinski definition) is 5. The lowest BCUT2D eigenvalue weighted by molar-refractivity contribution is -0.248. The van der Waals surface area contributed by atoms with Gasteiger partial charge in [0.2, 0.25) is 0 Å². The van der Waals surface area contributed by atoms with E-state index in [-0.39, 0.29) is 0 Å². The van der Waals surface area contributed by atoms with Crippen LogP contribution in [0.3, 0.4) is 0 Å². The van der Waals surface area contributed by atoms with Gasteiger partial charge in [0.05, 0.1) is 12.6 Å². The summed E-state index contributed by atoms with van der Waals surface area (Å²) in [5, 5.41) is 36.1. The van der Waals surface area contributed by atoms with Crippen molar-refractivity contribution in [3.05, 3.63) is 0 Å². The maximum absolute atomic E-state index is 9.20. The summed E-state index contributed by atoms with van der Waals surface area (Å²) in [5.74, 6) is 0. The minimum atomic E-state index is -1.35. The van der Waals surface area contributed by atoms with Gasteiger partial charge in [-0.1, -0.05) is 0 Å². The molecule has 6 N–H and O–H groups in total. The fourth-order valence-electron chi connectivity index (χ4n) is 1.12. The van der Waals surface area contributed by atoms with E-state index in [0.29, 0.717) is 0 Å². The van der Waals surface area contributed by atoms with Gasteiger partial charge in [-0.2, -0.15) is 0 Å². The van der Waals surface area contributed by atoms with Gasteiger partial charge in [-0.05, 0) is 0 Å². The first kappa shape index (κ1) is 9.85. The van der Waals surface area contributed by atoms with Crippen molar-refractivity contribution in [1.29, 1.82) is 0 Å². The van der Waals surface area contributed by atoms with Gasteiger partial charge in [0, 0.05) is 0 Å². The van der Waals surface area contributed by atoms with Crippen molar-refractivity contribution < 1.29 is 25.2 Å². The highest BCUT2D eigenvalue weighted by Crippen LogP contribution is 2.17. The quantitative estimate of drug-likeness (QED) is 0.288. The summed E-state index contributed by atoms with van der Waals surface area (Å²) in [7, 11) is 0. The number of rotatable bonds is 1. The summed E-state index contributed by atoms with van der Waals surface area (Å²) in [6.07, 6.45) is -4.85. The highest BCUT2D eigenvalue weighted by atomic mass is 16.6. The van der Waals surface area contributed by atoms with Crippen LogP contribution < -0.4 is 5.73 Å². The summed E-state index contributed by atoms with van der Waals surface area (Å²) < 4.78 is 4.70. The van der Waals surface area contributed by atoms with E-state index in [1.54, 1.807) is 0 Å². The van der Waals surface area contributed by atoms with Crippen LogP contribution in [0.2, 0.25) is 0 Å². The van der Waals surface area contributed by atoms with E-state index in [2.05, 4.69) is 0 Å². The van der Waals surface area contributed by atoms with Gasteiger partial charge in [0.15, 0.2) is 6.29 Å². The topological polar surface area (TPSA) is 116 Å². The van der Waals surface area contributed by atoms with Crippen molar-refractivity contribution in [2.75, 3.05) is 6.61 Å². The molecule has 0 aromatic rings. The molecule has 0 aromatic heterocycles. The summed E-state index contributed by atoms with van der Waals surface area (Å²) >= 11 is 0. The van der Waals surface area contributed by atoms with Gasteiger partial charge in [0.25, 0.3) is 0 Å². The molecule has 1 rings (SSSR count). The molecule has 2 unspecified atom stereocenters. The average molecular weight is 179 g/mol. The molecule has 6 nitrogen and oxygen atoms in total. The van der Waals surface area contributed by atoms with Crippen molar-refractivity contribution in [1.82, 2.24) is 0 Å². The van der Waals surface area contributed by atoms with E-state index in [4.69, 9.17) is 20.7 Å². The predicted molar refractivity (Wildman–Crippen MR) is 38.0 cm³/mol. The van der Waals surface area contributed by atoms with E-state index in [9.17, 15) is 10.2 Å². The van der Waals surface area contributed by atoms with Crippen molar-refractivity contribution in [3.63, 3.8) is 0 Å². The van der Waals surface area contributed by atoms with Crippen molar-refractivity contribution in [3.8, 4) is 0 Å². The third-order valence-corrected chi connectivity index (χ3v) is 1.95. The highest BCUT2D eigenvalue weighted by molar-refractivity contribution is 4.90. The molecule has 5 atom stereocenters. The molecule has 12 heavy (non-hydrogen) atoms. The Morgan fingerprint density at radius 2 is 1.75 bits per heavy atom. The zero-order valence-corrected chi connectivity index (χ0v) is 6.37. The van der Waals surface area contributed by atoms with Crippen LogP contribution in [-0.2, 0) is 4.74 Å². The van der Waals surface area contributed by atoms with E-state index in [0.717, 1.165) is 0 Å². The fraction of sp³-hybridized carbons (Fsp3) is 1.00. The lowest BCUT2D eigenvalue weighted by Gasteiger charge is -2.38. The number of aliphatic hydroxyl groups excluding tert-OH is 4. The minimum Gasteiger partial charge on any atom is -0.394 e. The molecule has 1 fully saturated rings. The molecule has 1 saturated heterocycles. The molecule has 0 aliphatic carbocycles. The highest BCUT2D eigenvalue weighted by Gasteiger charge is 2.41. The second kappa shape index (κ2) is 3.65. The first-order chi connectivity index (χ1) is 5.57. The lowest BCUT2D eigenvalue weighted by Crippen LogP contribution is -2.61. The maximum atomic E-state index is 9.20. The molecule has 0 bridgehead atoms. The Kier molecular flexibility index (Phi) is 2.99. The predicted octanol–water partition coefficient (Wildman–Crippen LogP) is -3.25. The molecule has 0 saturated carbocycles. The summed E-state index contributed by atoms with van der Waals surface area (Å²) in [6.45, 7) is -0.470. The second-order valence-corrected chi connectivity index (χ2v) is 2.81. The van der Waals surface area contributed by atoms with Gasteiger partial charge >= 0.3 is 0 Å². The van der Waals surface area contributed by atoms with Gasteiger partial charge in [-0.25, -0.2) is 0 Å². The maximum Gasteiger partial charge on any atom is 0.173 e. The lowest BCUT2D eigenvalue weighted by atomic mass is 9.98. The van der Waals surface area contributed by atoms with Gasteiger partial charge in [0.1, 0.15) is 18.3 Å². The van der Waals surface area contributed by atoms with Crippen molar-refractivity contribution in [2.45, 2.75) is 30.6 Å². The van der Waals surface area contributed by atoms with E-state index >= 15 is 0 Å². The number of nitrogens with two attached hydrogens (primary N) is 1. The standard InChI is InChI=1S/C6H13NO5/c7-3-5(10)4(9)2(1-8)12-6(3)11/h2-6,8-11H,1,7H2/t2?,3-,4?,5-,6-/m1/s1. The smallest absolute Gasteiger partial charge is 0.173 e. The second-order valence-electron chi connectivity index (χ2n) is 2.81. The molecule has 1 aliphatic heterocycles. The van der Waals surface area contributed by atoms with Crippen molar-refractivity contribution >= 4 is 0 Å². The van der Waals surface area contributed by atoms with Crippen LogP contribution in [-0.4, -0.2) is 57.7 Å². The Hall–Kier alpha value is -0.240. The minimum absolute atomic E-state index is 0.470. The first-order valence-electron chi connectivity index (χ1n) is 3.64. The van der Waals surface area contributed by atoms with E-state index in [1.807, 2.05) is 0 Å². The van der Waals surface area contributed by atoms with Crippen LogP contribution >= 0.6 is 0 Å². The molecule has 0 aromatic carbocycles. The monoisotopic (exact) mass is 179 g/mol. The molecule has 1 aliphatic rings. The summed E-state index contributed by atoms with van der Waals surface area (Å²) in [4.78, 5) is 0. The third kappa shape index (κ3) is 1.58. The molecule has 0 amide bonds. The number of hydrogen-bond acceptors (Lipinski definition) is 6. The van der Waals surface area contributed by atoms with Gasteiger partial charge in [-0.3, -0.25) is 0 Å². The number of aliphatic hydroxyl groups is 4. The molecule has 0 spiro atoms. The van der Waals surface area contributed by atoms with Crippen LogP contribution in [0.15, 0.2) is 0 Å². The molecular formula is C6H13NO5. The van der Waals surface area contributed by atoms with Crippen LogP contribution in [0.4, 0.5) is 0 Å². The van der Waals surface area contributed by atoms with E-state index < -0.39 is 37.3 Å². The molecule has 6 heteroatoms. The van der Waals surface area contributed by atoms with Crippen LogP contribution in [0.25, 0.3) is 0 Å². The normalized spacial score (nSPS) is 49.2. The molecule has 72 valence electrons. The average Bonchev–Trinajstić information content (AvgIpc) is 2.08. The largest absolute Gasteiger partial charge is 0.394 e. The van der Waals surface area contributed by atoms with E-state index in [1.165, 1.54) is 0 Å². The molecular weight excluding hydrogens is 166 g/mol. The molecule has 0 radical (unpaired) electrons. The van der Waals surface area contributed by atoms with Crippen molar-refractivity contribution in [2.24, 2.45) is 5.73 Å².